The minimum absolute atomic E-state index is 0.719. The highest BCUT2D eigenvalue weighted by Gasteiger charge is 2.05. The van der Waals surface area contributed by atoms with Crippen molar-refractivity contribution in [1.82, 2.24) is 21.6 Å². The van der Waals surface area contributed by atoms with E-state index in [1.807, 2.05) is 6.21 Å². The zero-order valence-corrected chi connectivity index (χ0v) is 16.8. The lowest BCUT2D eigenvalue weighted by Gasteiger charge is -2.10. The second-order valence-electron chi connectivity index (χ2n) is 7.58. The van der Waals surface area contributed by atoms with Crippen molar-refractivity contribution < 1.29 is 0 Å². The zero-order valence-electron chi connectivity index (χ0n) is 16.8. The second kappa shape index (κ2) is 8.51. The molecule has 30 heavy (non-hydrogen) atoms. The van der Waals surface area contributed by atoms with E-state index >= 15 is 0 Å². The highest BCUT2D eigenvalue weighted by atomic mass is 15.4. The molecule has 0 saturated heterocycles. The van der Waals surface area contributed by atoms with Crippen LogP contribution in [0.4, 0.5) is 0 Å². The Labute approximate surface area is 175 Å². The Morgan fingerprint density at radius 3 is 2.63 bits per heavy atom. The molecule has 2 aliphatic rings. The van der Waals surface area contributed by atoms with Crippen LogP contribution in [0.2, 0.25) is 0 Å². The third-order valence-corrected chi connectivity index (χ3v) is 5.34. The molecule has 0 amide bonds. The fourth-order valence-electron chi connectivity index (χ4n) is 3.78. The number of hydrogen-bond acceptors (Lipinski definition) is 7. The van der Waals surface area contributed by atoms with Gasteiger partial charge in [-0.3, -0.25) is 20.8 Å². The van der Waals surface area contributed by atoms with Crippen LogP contribution in [0.15, 0.2) is 63.6 Å². The molecular weight excluding hydrogens is 374 g/mol. The standard InChI is InChI=1S/C23H25N7/c1-2-22(24-7-1)29-27-14-16-3-5-18-12-19-6-4-17(11-21(19)13-20(18)10-16)15-28-30-23-25-8-9-26-23/h3-6,10-14,28H,1-2,7-9,15H2,(H,24,29)(H2,25,26,30)/b27-14-. The van der Waals surface area contributed by atoms with E-state index in [2.05, 4.69) is 85.2 Å². The number of aliphatic imine (C=N–C) groups is 2. The molecule has 5 rings (SSSR count). The summed E-state index contributed by atoms with van der Waals surface area (Å²) in [7, 11) is 0. The molecule has 0 aromatic heterocycles. The second-order valence-corrected chi connectivity index (χ2v) is 7.58. The Morgan fingerprint density at radius 1 is 0.933 bits per heavy atom. The van der Waals surface area contributed by atoms with Gasteiger partial charge in [-0.2, -0.15) is 5.10 Å². The lowest BCUT2D eigenvalue weighted by molar-refractivity contribution is 0.643. The lowest BCUT2D eigenvalue weighted by Crippen LogP contribution is -2.42. The Kier molecular flexibility index (Phi) is 5.26. The van der Waals surface area contributed by atoms with E-state index in [0.717, 1.165) is 56.4 Å². The number of hydrogen-bond donors (Lipinski definition) is 4. The number of nitrogens with one attached hydrogen (secondary N) is 4. The normalized spacial score (nSPS) is 16.1. The van der Waals surface area contributed by atoms with Crippen LogP contribution in [0, 0.1) is 0 Å². The Balaban J connectivity index is 1.32. The van der Waals surface area contributed by atoms with Crippen molar-refractivity contribution in [2.45, 2.75) is 19.4 Å². The average Bonchev–Trinajstić information content (AvgIpc) is 3.47. The van der Waals surface area contributed by atoms with Gasteiger partial charge < -0.3 is 5.32 Å². The van der Waals surface area contributed by atoms with E-state index in [4.69, 9.17) is 0 Å². The maximum absolute atomic E-state index is 4.37. The Bertz CT molecular complexity index is 1160. The first-order valence-electron chi connectivity index (χ1n) is 10.4. The molecule has 0 atom stereocenters. The predicted octanol–water partition coefficient (Wildman–Crippen LogP) is 2.66. The summed E-state index contributed by atoms with van der Waals surface area (Å²) < 4.78 is 0. The largest absolute Gasteiger partial charge is 0.353 e. The summed E-state index contributed by atoms with van der Waals surface area (Å²) in [6.45, 7) is 3.34. The van der Waals surface area contributed by atoms with Crippen LogP contribution in [0.25, 0.3) is 21.5 Å². The van der Waals surface area contributed by atoms with Crippen LogP contribution in [0.5, 0.6) is 0 Å². The van der Waals surface area contributed by atoms with Crippen molar-refractivity contribution in [2.75, 3.05) is 19.6 Å². The average molecular weight is 400 g/mol. The van der Waals surface area contributed by atoms with Crippen molar-refractivity contribution in [3.05, 3.63) is 59.7 Å². The summed E-state index contributed by atoms with van der Waals surface area (Å²) in [6.07, 6.45) is 3.95. The van der Waals surface area contributed by atoms with E-state index in [1.165, 1.54) is 27.1 Å². The molecule has 2 aliphatic heterocycles. The van der Waals surface area contributed by atoms with Crippen LogP contribution < -0.4 is 21.6 Å². The summed E-state index contributed by atoms with van der Waals surface area (Å²) in [5.74, 6) is 1.79. The van der Waals surface area contributed by atoms with Crippen LogP contribution >= 0.6 is 0 Å². The van der Waals surface area contributed by atoms with Gasteiger partial charge in [0.05, 0.1) is 12.8 Å². The van der Waals surface area contributed by atoms with Crippen LogP contribution in [-0.2, 0) is 6.54 Å². The molecule has 0 fully saturated rings. The van der Waals surface area contributed by atoms with E-state index in [0.29, 0.717) is 0 Å². The van der Waals surface area contributed by atoms with Gasteiger partial charge in [-0.05, 0) is 63.4 Å². The molecule has 0 radical (unpaired) electrons. The number of guanidine groups is 1. The molecular formula is C23H25N7. The van der Waals surface area contributed by atoms with E-state index in [-0.39, 0.29) is 0 Å². The highest BCUT2D eigenvalue weighted by Crippen LogP contribution is 2.24. The van der Waals surface area contributed by atoms with Gasteiger partial charge in [0.2, 0.25) is 5.96 Å². The summed E-state index contributed by atoms with van der Waals surface area (Å²) in [6, 6.07) is 17.5. The summed E-state index contributed by atoms with van der Waals surface area (Å²) in [4.78, 5) is 8.69. The van der Waals surface area contributed by atoms with Crippen molar-refractivity contribution in [3.63, 3.8) is 0 Å². The number of hydrazine groups is 1. The maximum atomic E-state index is 4.37. The predicted molar refractivity (Wildman–Crippen MR) is 124 cm³/mol. The first-order chi connectivity index (χ1) is 14.8. The number of benzene rings is 3. The zero-order chi connectivity index (χ0) is 20.2. The number of hydrazone groups is 1. The highest BCUT2D eigenvalue weighted by molar-refractivity contribution is 6.00. The third-order valence-electron chi connectivity index (χ3n) is 5.34. The summed E-state index contributed by atoms with van der Waals surface area (Å²) in [5.41, 5.74) is 11.7. The lowest BCUT2D eigenvalue weighted by atomic mass is 10.0. The van der Waals surface area contributed by atoms with Gasteiger partial charge in [0, 0.05) is 26.1 Å². The number of nitrogens with zero attached hydrogens (tertiary/aromatic N) is 3. The van der Waals surface area contributed by atoms with E-state index < -0.39 is 0 Å². The molecule has 0 unspecified atom stereocenters. The van der Waals surface area contributed by atoms with Gasteiger partial charge in [-0.15, -0.1) is 0 Å². The number of rotatable bonds is 5. The number of amidine groups is 1. The summed E-state index contributed by atoms with van der Waals surface area (Å²) in [5, 5.41) is 12.4. The Morgan fingerprint density at radius 2 is 1.80 bits per heavy atom. The minimum Gasteiger partial charge on any atom is -0.353 e. The van der Waals surface area contributed by atoms with Crippen molar-refractivity contribution in [1.29, 1.82) is 0 Å². The van der Waals surface area contributed by atoms with Gasteiger partial charge in [-0.1, -0.05) is 24.3 Å². The van der Waals surface area contributed by atoms with E-state index in [9.17, 15) is 0 Å². The SMILES string of the molecule is C(=N/NC1=NCCC1)/c1ccc2cc3ccc(CNNC4=NCCN4)cc3cc2c1. The van der Waals surface area contributed by atoms with Gasteiger partial charge in [0.1, 0.15) is 5.84 Å². The van der Waals surface area contributed by atoms with Gasteiger partial charge in [0.25, 0.3) is 0 Å². The van der Waals surface area contributed by atoms with Gasteiger partial charge >= 0.3 is 0 Å². The van der Waals surface area contributed by atoms with Crippen LogP contribution in [0.3, 0.4) is 0 Å². The molecule has 0 aliphatic carbocycles. The van der Waals surface area contributed by atoms with Crippen LogP contribution in [0.1, 0.15) is 24.0 Å². The fourth-order valence-corrected chi connectivity index (χ4v) is 3.78. The first-order valence-corrected chi connectivity index (χ1v) is 10.4. The smallest absolute Gasteiger partial charge is 0.206 e. The fraction of sp³-hybridized carbons (Fsp3) is 0.261. The van der Waals surface area contributed by atoms with Crippen LogP contribution in [-0.4, -0.2) is 37.6 Å². The van der Waals surface area contributed by atoms with Crippen molar-refractivity contribution in [3.8, 4) is 0 Å². The first kappa shape index (κ1) is 18.6. The Hall–Kier alpha value is -3.45. The van der Waals surface area contributed by atoms with Crippen molar-refractivity contribution >= 4 is 39.6 Å². The molecule has 4 N–H and O–H groups in total. The van der Waals surface area contributed by atoms with E-state index in [1.54, 1.807) is 0 Å². The molecule has 0 spiro atoms. The third kappa shape index (κ3) is 4.26. The molecule has 3 aromatic carbocycles. The van der Waals surface area contributed by atoms with Crippen molar-refractivity contribution in [2.24, 2.45) is 15.1 Å². The molecule has 152 valence electrons. The maximum Gasteiger partial charge on any atom is 0.206 e. The molecule has 3 aromatic rings. The van der Waals surface area contributed by atoms with Gasteiger partial charge in [-0.25, -0.2) is 5.43 Å². The topological polar surface area (TPSA) is 85.2 Å². The monoisotopic (exact) mass is 399 g/mol. The minimum atomic E-state index is 0.719. The molecule has 2 heterocycles. The van der Waals surface area contributed by atoms with Gasteiger partial charge in [0.15, 0.2) is 0 Å². The molecule has 7 heteroatoms. The quantitative estimate of drug-likeness (QED) is 0.302. The summed E-state index contributed by atoms with van der Waals surface area (Å²) >= 11 is 0. The number of fused-ring (bicyclic) bond motifs is 2. The molecule has 0 saturated carbocycles. The molecule has 7 nitrogen and oxygen atoms in total. The molecule has 0 bridgehead atoms.